The maximum Gasteiger partial charge on any atom is 0.253 e. The van der Waals surface area contributed by atoms with Crippen LogP contribution in [0.4, 0.5) is 0 Å². The maximum atomic E-state index is 13.1. The van der Waals surface area contributed by atoms with Crippen molar-refractivity contribution >= 4 is 17.2 Å². The number of aryl methyl sites for hydroxylation is 1. The van der Waals surface area contributed by atoms with E-state index in [1.165, 1.54) is 32.1 Å². The van der Waals surface area contributed by atoms with Crippen molar-refractivity contribution in [3.8, 4) is 22.0 Å². The molecule has 3 heterocycles. The van der Waals surface area contributed by atoms with Crippen molar-refractivity contribution in [3.63, 3.8) is 0 Å². The fourth-order valence-corrected chi connectivity index (χ4v) is 5.42. The van der Waals surface area contributed by atoms with Gasteiger partial charge in [0.2, 0.25) is 0 Å². The molecular formula is C26H34N4O2S. The number of hydrogen-bond acceptors (Lipinski definition) is 5. The summed E-state index contributed by atoms with van der Waals surface area (Å²) in [4.78, 5) is 22.4. The molecule has 1 aliphatic rings. The lowest BCUT2D eigenvalue weighted by atomic mass is 9.89. The van der Waals surface area contributed by atoms with Gasteiger partial charge in [0.25, 0.3) is 5.91 Å². The third-order valence-electron chi connectivity index (χ3n) is 6.60. The molecule has 4 rings (SSSR count). The number of carbonyl (C=O) groups excluding carboxylic acids is 1. The second-order valence-corrected chi connectivity index (χ2v) is 9.67. The first-order valence-corrected chi connectivity index (χ1v) is 12.9. The smallest absolute Gasteiger partial charge is 0.253 e. The van der Waals surface area contributed by atoms with E-state index in [1.54, 1.807) is 18.4 Å². The standard InChI is InChI=1S/C26H34N4O2S/c1-4-21-14-20(10-11-27-21)26-29-23(17-33-26)24-15-22(18(2)30(24)12-13-32-3)25(31)28-16-19-8-6-5-7-9-19/h10-11,14-15,17,19H,4-9,12-13,16H2,1-3H3,(H,28,31). The number of nitrogens with one attached hydrogen (secondary N) is 1. The Morgan fingerprint density at radius 1 is 1.27 bits per heavy atom. The van der Waals surface area contributed by atoms with E-state index in [0.29, 0.717) is 19.1 Å². The van der Waals surface area contributed by atoms with Crippen LogP contribution < -0.4 is 5.32 Å². The fraction of sp³-hybridized carbons (Fsp3) is 0.500. The van der Waals surface area contributed by atoms with Gasteiger partial charge in [0.1, 0.15) is 5.01 Å². The molecule has 3 aromatic heterocycles. The normalized spacial score (nSPS) is 14.5. The third kappa shape index (κ3) is 5.53. The van der Waals surface area contributed by atoms with Crippen molar-refractivity contribution in [1.29, 1.82) is 0 Å². The number of pyridine rings is 1. The number of aromatic nitrogens is 3. The average molecular weight is 467 g/mol. The molecule has 1 saturated carbocycles. The number of rotatable bonds is 9. The van der Waals surface area contributed by atoms with E-state index in [0.717, 1.165) is 51.9 Å². The molecule has 0 spiro atoms. The molecule has 0 radical (unpaired) electrons. The zero-order chi connectivity index (χ0) is 23.2. The molecule has 1 aliphatic carbocycles. The molecule has 3 aromatic rings. The highest BCUT2D eigenvalue weighted by molar-refractivity contribution is 7.13. The van der Waals surface area contributed by atoms with E-state index < -0.39 is 0 Å². The van der Waals surface area contributed by atoms with E-state index in [4.69, 9.17) is 9.72 Å². The van der Waals surface area contributed by atoms with Crippen molar-refractivity contribution in [2.45, 2.75) is 58.9 Å². The summed E-state index contributed by atoms with van der Waals surface area (Å²) in [5.74, 6) is 0.611. The first-order valence-electron chi connectivity index (χ1n) is 12.0. The van der Waals surface area contributed by atoms with Crippen molar-refractivity contribution in [1.82, 2.24) is 19.9 Å². The van der Waals surface area contributed by atoms with Gasteiger partial charge in [-0.25, -0.2) is 4.98 Å². The van der Waals surface area contributed by atoms with Crippen LogP contribution in [0, 0.1) is 12.8 Å². The summed E-state index contributed by atoms with van der Waals surface area (Å²) >= 11 is 1.62. The minimum Gasteiger partial charge on any atom is -0.383 e. The van der Waals surface area contributed by atoms with Gasteiger partial charge >= 0.3 is 0 Å². The number of methoxy groups -OCH3 is 1. The average Bonchev–Trinajstić information content (AvgIpc) is 3.47. The Bertz CT molecular complexity index is 1080. The molecule has 0 unspecified atom stereocenters. The van der Waals surface area contributed by atoms with Crippen LogP contribution in [0.1, 0.15) is 60.8 Å². The minimum absolute atomic E-state index is 0.00710. The van der Waals surface area contributed by atoms with E-state index in [9.17, 15) is 4.79 Å². The van der Waals surface area contributed by atoms with E-state index >= 15 is 0 Å². The molecule has 0 saturated heterocycles. The Kier molecular flexibility index (Phi) is 7.93. The summed E-state index contributed by atoms with van der Waals surface area (Å²) in [5, 5.41) is 6.23. The van der Waals surface area contributed by atoms with Crippen LogP contribution in [-0.4, -0.2) is 40.7 Å². The van der Waals surface area contributed by atoms with Crippen LogP contribution in [0.15, 0.2) is 29.8 Å². The highest BCUT2D eigenvalue weighted by Gasteiger charge is 2.21. The number of thiazole rings is 1. The van der Waals surface area contributed by atoms with Gasteiger partial charge in [-0.15, -0.1) is 11.3 Å². The molecule has 1 amide bonds. The minimum atomic E-state index is 0.00710. The highest BCUT2D eigenvalue weighted by Crippen LogP contribution is 2.32. The Hall–Kier alpha value is -2.51. The first kappa shape index (κ1) is 23.6. The number of hydrogen-bond donors (Lipinski definition) is 1. The zero-order valence-corrected chi connectivity index (χ0v) is 20.7. The van der Waals surface area contributed by atoms with Gasteiger partial charge in [-0.2, -0.15) is 0 Å². The molecule has 1 fully saturated rings. The van der Waals surface area contributed by atoms with E-state index in [-0.39, 0.29) is 5.91 Å². The third-order valence-corrected chi connectivity index (χ3v) is 7.49. The lowest BCUT2D eigenvalue weighted by Crippen LogP contribution is -2.30. The summed E-state index contributed by atoms with van der Waals surface area (Å²) < 4.78 is 7.50. The largest absolute Gasteiger partial charge is 0.383 e. The molecule has 176 valence electrons. The summed E-state index contributed by atoms with van der Waals surface area (Å²) in [5.41, 5.74) is 5.66. The second-order valence-electron chi connectivity index (χ2n) is 8.81. The number of ether oxygens (including phenoxy) is 1. The molecular weight excluding hydrogens is 432 g/mol. The van der Waals surface area contributed by atoms with Gasteiger partial charge in [-0.05, 0) is 50.3 Å². The number of amides is 1. The van der Waals surface area contributed by atoms with Crippen LogP contribution >= 0.6 is 11.3 Å². The van der Waals surface area contributed by atoms with E-state index in [1.807, 2.05) is 25.3 Å². The van der Waals surface area contributed by atoms with E-state index in [2.05, 4.69) is 33.2 Å². The maximum absolute atomic E-state index is 13.1. The molecule has 0 atom stereocenters. The zero-order valence-electron chi connectivity index (χ0n) is 19.9. The Morgan fingerprint density at radius 3 is 2.85 bits per heavy atom. The molecule has 0 aromatic carbocycles. The van der Waals surface area contributed by atoms with Crippen LogP contribution in [0.2, 0.25) is 0 Å². The van der Waals surface area contributed by atoms with Crippen LogP contribution in [-0.2, 0) is 17.7 Å². The lowest BCUT2D eigenvalue weighted by Gasteiger charge is -2.21. The lowest BCUT2D eigenvalue weighted by molar-refractivity contribution is 0.0942. The molecule has 6 nitrogen and oxygen atoms in total. The molecule has 33 heavy (non-hydrogen) atoms. The topological polar surface area (TPSA) is 69.0 Å². The number of carbonyl (C=O) groups is 1. The Morgan fingerprint density at radius 2 is 2.09 bits per heavy atom. The Labute approximate surface area is 200 Å². The van der Waals surface area contributed by atoms with Gasteiger partial charge in [0, 0.05) is 48.7 Å². The molecule has 0 bridgehead atoms. The summed E-state index contributed by atoms with van der Waals surface area (Å²) in [7, 11) is 1.70. The second kappa shape index (κ2) is 11.1. The first-order chi connectivity index (χ1) is 16.1. The van der Waals surface area contributed by atoms with Crippen LogP contribution in [0.5, 0.6) is 0 Å². The van der Waals surface area contributed by atoms with Crippen molar-refractivity contribution < 1.29 is 9.53 Å². The molecule has 1 N–H and O–H groups in total. The van der Waals surface area contributed by atoms with Crippen molar-refractivity contribution in [2.24, 2.45) is 5.92 Å². The highest BCUT2D eigenvalue weighted by atomic mass is 32.1. The van der Waals surface area contributed by atoms with Gasteiger partial charge < -0.3 is 14.6 Å². The van der Waals surface area contributed by atoms with Gasteiger partial charge in [0.15, 0.2) is 0 Å². The van der Waals surface area contributed by atoms with Crippen LogP contribution in [0.25, 0.3) is 22.0 Å². The predicted octanol–water partition coefficient (Wildman–Crippen LogP) is 5.50. The SMILES string of the molecule is CCc1cc(-c2nc(-c3cc(C(=O)NCC4CCCCC4)c(C)n3CCOC)cs2)ccn1. The quantitative estimate of drug-likeness (QED) is 0.452. The van der Waals surface area contributed by atoms with Crippen LogP contribution in [0.3, 0.4) is 0 Å². The number of nitrogens with zero attached hydrogens (tertiary/aromatic N) is 3. The summed E-state index contributed by atoms with van der Waals surface area (Å²) in [6.45, 7) is 6.13. The Balaban J connectivity index is 1.59. The van der Waals surface area contributed by atoms with Gasteiger partial charge in [-0.1, -0.05) is 26.2 Å². The van der Waals surface area contributed by atoms with Gasteiger partial charge in [0.05, 0.1) is 23.6 Å². The molecule has 0 aliphatic heterocycles. The molecule has 7 heteroatoms. The summed E-state index contributed by atoms with van der Waals surface area (Å²) in [6, 6.07) is 6.09. The van der Waals surface area contributed by atoms with Crippen molar-refractivity contribution in [3.05, 3.63) is 46.7 Å². The monoisotopic (exact) mass is 466 g/mol. The fourth-order valence-electron chi connectivity index (χ4n) is 4.61. The van der Waals surface area contributed by atoms with Crippen molar-refractivity contribution in [2.75, 3.05) is 20.3 Å². The predicted molar refractivity (Wildman–Crippen MR) is 134 cm³/mol. The van der Waals surface area contributed by atoms with Gasteiger partial charge in [-0.3, -0.25) is 9.78 Å². The summed E-state index contributed by atoms with van der Waals surface area (Å²) in [6.07, 6.45) is 9.05.